The molecule has 0 aromatic heterocycles. The summed E-state index contributed by atoms with van der Waals surface area (Å²) in [6, 6.07) is 6.84. The van der Waals surface area contributed by atoms with Crippen LogP contribution in [-0.2, 0) is 6.42 Å². The van der Waals surface area contributed by atoms with Crippen LogP contribution < -0.4 is 5.32 Å². The zero-order valence-corrected chi connectivity index (χ0v) is 12.8. The molecular weight excluding hydrogens is 254 g/mol. The minimum atomic E-state index is 0.298. The van der Waals surface area contributed by atoms with Gasteiger partial charge in [-0.1, -0.05) is 44.4 Å². The maximum Gasteiger partial charge on any atom is 0.0409 e. The van der Waals surface area contributed by atoms with Crippen LogP contribution in [0.2, 0.25) is 5.02 Å². The highest BCUT2D eigenvalue weighted by Gasteiger charge is 2.38. The Morgan fingerprint density at radius 3 is 2.84 bits per heavy atom. The van der Waals surface area contributed by atoms with Gasteiger partial charge in [0.15, 0.2) is 0 Å². The molecule has 1 fully saturated rings. The van der Waals surface area contributed by atoms with Crippen LogP contribution in [0.3, 0.4) is 0 Å². The summed E-state index contributed by atoms with van der Waals surface area (Å²) in [5.41, 5.74) is 3.19. The summed E-state index contributed by atoms with van der Waals surface area (Å²) in [5, 5.41) is 4.64. The first-order valence-corrected chi connectivity index (χ1v) is 7.96. The zero-order valence-electron chi connectivity index (χ0n) is 12.0. The summed E-state index contributed by atoms with van der Waals surface area (Å²) in [5.74, 6) is 1.04. The quantitative estimate of drug-likeness (QED) is 0.767. The van der Waals surface area contributed by atoms with E-state index in [9.17, 15) is 0 Å². The monoisotopic (exact) mass is 277 g/mol. The van der Waals surface area contributed by atoms with Gasteiger partial charge in [-0.25, -0.2) is 0 Å². The Morgan fingerprint density at radius 1 is 1.32 bits per heavy atom. The maximum atomic E-state index is 6.17. The van der Waals surface area contributed by atoms with E-state index in [1.165, 1.54) is 36.8 Å². The molecule has 1 aromatic rings. The predicted octanol–water partition coefficient (Wildman–Crippen LogP) is 4.74. The molecule has 2 heteroatoms. The highest BCUT2D eigenvalue weighted by atomic mass is 35.5. The molecule has 0 saturated heterocycles. The summed E-state index contributed by atoms with van der Waals surface area (Å²) >= 11 is 6.17. The third-order valence-corrected chi connectivity index (χ3v) is 4.92. The van der Waals surface area contributed by atoms with Crippen molar-refractivity contribution >= 4 is 11.6 Å². The second-order valence-corrected chi connectivity index (χ2v) is 7.42. The van der Waals surface area contributed by atoms with Gasteiger partial charge in [-0.3, -0.25) is 0 Å². The molecule has 1 unspecified atom stereocenters. The molecule has 1 atom stereocenters. The van der Waals surface area contributed by atoms with Gasteiger partial charge in [-0.05, 0) is 60.4 Å². The molecule has 0 bridgehead atoms. The molecule has 1 N–H and O–H groups in total. The second-order valence-electron chi connectivity index (χ2n) is 6.98. The lowest BCUT2D eigenvalue weighted by atomic mass is 9.85. The third kappa shape index (κ3) is 2.98. The topological polar surface area (TPSA) is 12.0 Å². The Kier molecular flexibility index (Phi) is 3.61. The predicted molar refractivity (Wildman–Crippen MR) is 81.6 cm³/mol. The van der Waals surface area contributed by atoms with Crippen molar-refractivity contribution < 1.29 is 0 Å². The van der Waals surface area contributed by atoms with Crippen molar-refractivity contribution in [3.05, 3.63) is 34.3 Å². The van der Waals surface area contributed by atoms with Crippen LogP contribution in [0.25, 0.3) is 0 Å². The standard InChI is InChI=1S/C17H24ClN/c1-17(2)11-13-7-8-14(18)10-15(13)16(17)19-9-3-4-12-5-6-12/h7-8,10,12,16,19H,3-6,9,11H2,1-2H3. The van der Waals surface area contributed by atoms with E-state index in [-0.39, 0.29) is 0 Å². The van der Waals surface area contributed by atoms with Gasteiger partial charge >= 0.3 is 0 Å². The third-order valence-electron chi connectivity index (χ3n) is 4.68. The summed E-state index contributed by atoms with van der Waals surface area (Å²) in [4.78, 5) is 0. The molecule has 1 saturated carbocycles. The summed E-state index contributed by atoms with van der Waals surface area (Å²) < 4.78 is 0. The fourth-order valence-electron chi connectivity index (χ4n) is 3.44. The maximum absolute atomic E-state index is 6.17. The molecule has 1 nitrogen and oxygen atoms in total. The normalized spacial score (nSPS) is 24.5. The Labute approximate surface area is 121 Å². The number of hydrogen-bond donors (Lipinski definition) is 1. The van der Waals surface area contributed by atoms with Gasteiger partial charge in [0.1, 0.15) is 0 Å². The Bertz CT molecular complexity index is 462. The summed E-state index contributed by atoms with van der Waals surface area (Å²) in [7, 11) is 0. The van der Waals surface area contributed by atoms with Gasteiger partial charge in [-0.2, -0.15) is 0 Å². The summed E-state index contributed by atoms with van der Waals surface area (Å²) in [6.45, 7) is 5.86. The van der Waals surface area contributed by atoms with Gasteiger partial charge in [0, 0.05) is 11.1 Å². The van der Waals surface area contributed by atoms with Crippen molar-refractivity contribution in [3.63, 3.8) is 0 Å². The first-order chi connectivity index (χ1) is 9.06. The molecule has 0 radical (unpaired) electrons. The van der Waals surface area contributed by atoms with E-state index >= 15 is 0 Å². The molecule has 0 spiro atoms. The number of fused-ring (bicyclic) bond motifs is 1. The van der Waals surface area contributed by atoms with Crippen LogP contribution >= 0.6 is 11.6 Å². The molecule has 0 amide bonds. The molecule has 2 aliphatic carbocycles. The van der Waals surface area contributed by atoms with Gasteiger partial charge in [-0.15, -0.1) is 0 Å². The average Bonchev–Trinajstić information content (AvgIpc) is 3.11. The van der Waals surface area contributed by atoms with Gasteiger partial charge < -0.3 is 5.32 Å². The highest BCUT2D eigenvalue weighted by Crippen LogP contribution is 2.45. The van der Waals surface area contributed by atoms with E-state index < -0.39 is 0 Å². The van der Waals surface area contributed by atoms with Crippen LogP contribution in [0.15, 0.2) is 18.2 Å². The van der Waals surface area contributed by atoms with E-state index in [2.05, 4.69) is 31.3 Å². The number of nitrogens with one attached hydrogen (secondary N) is 1. The van der Waals surface area contributed by atoms with Crippen molar-refractivity contribution in [2.75, 3.05) is 6.54 Å². The lowest BCUT2D eigenvalue weighted by Gasteiger charge is -2.28. The molecule has 104 valence electrons. The van der Waals surface area contributed by atoms with E-state index in [0.29, 0.717) is 11.5 Å². The van der Waals surface area contributed by atoms with E-state index in [0.717, 1.165) is 23.9 Å². The van der Waals surface area contributed by atoms with Crippen molar-refractivity contribution in [2.45, 2.75) is 52.0 Å². The molecule has 3 rings (SSSR count). The Morgan fingerprint density at radius 2 is 2.11 bits per heavy atom. The number of hydrogen-bond acceptors (Lipinski definition) is 1. The minimum Gasteiger partial charge on any atom is -0.309 e. The van der Waals surface area contributed by atoms with Crippen LogP contribution in [0.1, 0.15) is 56.7 Å². The first-order valence-electron chi connectivity index (χ1n) is 7.58. The minimum absolute atomic E-state index is 0.298. The molecule has 0 aliphatic heterocycles. The summed E-state index contributed by atoms with van der Waals surface area (Å²) in [6.07, 6.45) is 6.80. The SMILES string of the molecule is CC1(C)Cc2ccc(Cl)cc2C1NCCCC1CC1. The Hall–Kier alpha value is -0.530. The number of halogens is 1. The van der Waals surface area contributed by atoms with Gasteiger partial charge in [0.05, 0.1) is 0 Å². The lowest BCUT2D eigenvalue weighted by Crippen LogP contribution is -2.31. The van der Waals surface area contributed by atoms with E-state index in [1.807, 2.05) is 6.07 Å². The molecule has 19 heavy (non-hydrogen) atoms. The smallest absolute Gasteiger partial charge is 0.0409 e. The van der Waals surface area contributed by atoms with Crippen LogP contribution in [0.4, 0.5) is 0 Å². The van der Waals surface area contributed by atoms with Crippen LogP contribution in [0.5, 0.6) is 0 Å². The largest absolute Gasteiger partial charge is 0.309 e. The van der Waals surface area contributed by atoms with E-state index in [4.69, 9.17) is 11.6 Å². The van der Waals surface area contributed by atoms with Crippen molar-refractivity contribution in [3.8, 4) is 0 Å². The van der Waals surface area contributed by atoms with Crippen LogP contribution in [-0.4, -0.2) is 6.54 Å². The van der Waals surface area contributed by atoms with Crippen molar-refractivity contribution in [2.24, 2.45) is 11.3 Å². The first kappa shape index (κ1) is 13.5. The van der Waals surface area contributed by atoms with Gasteiger partial charge in [0.2, 0.25) is 0 Å². The van der Waals surface area contributed by atoms with E-state index in [1.54, 1.807) is 0 Å². The average molecular weight is 278 g/mol. The fraction of sp³-hybridized carbons (Fsp3) is 0.647. The van der Waals surface area contributed by atoms with Crippen molar-refractivity contribution in [1.29, 1.82) is 0 Å². The lowest BCUT2D eigenvalue weighted by molar-refractivity contribution is 0.268. The molecule has 1 aromatic carbocycles. The van der Waals surface area contributed by atoms with Gasteiger partial charge in [0.25, 0.3) is 0 Å². The zero-order chi connectivity index (χ0) is 13.5. The number of rotatable bonds is 5. The fourth-order valence-corrected chi connectivity index (χ4v) is 3.62. The highest BCUT2D eigenvalue weighted by molar-refractivity contribution is 6.30. The van der Waals surface area contributed by atoms with Crippen molar-refractivity contribution in [1.82, 2.24) is 5.32 Å². The number of benzene rings is 1. The van der Waals surface area contributed by atoms with Crippen LogP contribution in [0, 0.1) is 11.3 Å². The molecule has 2 aliphatic rings. The Balaban J connectivity index is 1.66. The molecular formula is C17H24ClN. The second kappa shape index (κ2) is 5.10. The molecule has 0 heterocycles.